The number of benzene rings is 1. The van der Waals surface area contributed by atoms with Crippen LogP contribution in [0.3, 0.4) is 0 Å². The Bertz CT molecular complexity index is 564. The summed E-state index contributed by atoms with van der Waals surface area (Å²) in [5.74, 6) is 0.176. The molecule has 1 aromatic heterocycles. The molecule has 1 heterocycles. The van der Waals surface area contributed by atoms with Crippen LogP contribution in [0.25, 0.3) is 0 Å². The van der Waals surface area contributed by atoms with Gasteiger partial charge in [-0.2, -0.15) is 5.10 Å². The zero-order valence-corrected chi connectivity index (χ0v) is 11.2. The molecule has 0 fully saturated rings. The molecule has 19 heavy (non-hydrogen) atoms. The highest BCUT2D eigenvalue weighted by Crippen LogP contribution is 2.22. The molecule has 0 unspecified atom stereocenters. The fraction of sp³-hybridized carbons (Fsp3) is 0.357. The molecule has 0 aliphatic carbocycles. The van der Waals surface area contributed by atoms with Crippen LogP contribution < -0.4 is 5.32 Å². The van der Waals surface area contributed by atoms with Gasteiger partial charge in [-0.1, -0.05) is 6.07 Å². The number of aromatic hydroxyl groups is 2. The summed E-state index contributed by atoms with van der Waals surface area (Å²) < 4.78 is 1.91. The molecule has 5 heteroatoms. The Kier molecular flexibility index (Phi) is 4.06. The van der Waals surface area contributed by atoms with Gasteiger partial charge in [0.25, 0.3) is 0 Å². The van der Waals surface area contributed by atoms with Crippen LogP contribution in [0.4, 0.5) is 0 Å². The van der Waals surface area contributed by atoms with Gasteiger partial charge in [0.15, 0.2) is 0 Å². The van der Waals surface area contributed by atoms with E-state index < -0.39 is 0 Å². The van der Waals surface area contributed by atoms with Gasteiger partial charge >= 0.3 is 0 Å². The lowest BCUT2D eigenvalue weighted by Gasteiger charge is -2.06. The molecule has 5 nitrogen and oxygen atoms in total. The van der Waals surface area contributed by atoms with Crippen LogP contribution in [0.5, 0.6) is 11.5 Å². The molecule has 0 aliphatic rings. The van der Waals surface area contributed by atoms with Crippen LogP contribution in [-0.2, 0) is 19.6 Å². The van der Waals surface area contributed by atoms with Crippen LogP contribution >= 0.6 is 0 Å². The maximum Gasteiger partial charge on any atom is 0.123 e. The SMILES string of the molecule is CCn1cc(CNCc2ccc(O)cc2O)c(C)n1. The van der Waals surface area contributed by atoms with Gasteiger partial charge in [-0.05, 0) is 19.9 Å². The fourth-order valence-electron chi connectivity index (χ4n) is 1.93. The van der Waals surface area contributed by atoms with E-state index in [-0.39, 0.29) is 11.5 Å². The summed E-state index contributed by atoms with van der Waals surface area (Å²) >= 11 is 0. The van der Waals surface area contributed by atoms with Crippen molar-refractivity contribution >= 4 is 0 Å². The minimum absolute atomic E-state index is 0.0707. The molecule has 0 amide bonds. The highest BCUT2D eigenvalue weighted by atomic mass is 16.3. The number of phenols is 2. The molecule has 0 bridgehead atoms. The summed E-state index contributed by atoms with van der Waals surface area (Å²) in [6.07, 6.45) is 2.03. The second-order valence-electron chi connectivity index (χ2n) is 4.51. The van der Waals surface area contributed by atoms with Crippen molar-refractivity contribution in [2.45, 2.75) is 33.5 Å². The van der Waals surface area contributed by atoms with Crippen molar-refractivity contribution in [3.05, 3.63) is 41.2 Å². The lowest BCUT2D eigenvalue weighted by atomic mass is 10.2. The third kappa shape index (κ3) is 3.26. The number of rotatable bonds is 5. The fourth-order valence-corrected chi connectivity index (χ4v) is 1.93. The van der Waals surface area contributed by atoms with E-state index in [0.29, 0.717) is 13.1 Å². The van der Waals surface area contributed by atoms with Crippen LogP contribution in [0.2, 0.25) is 0 Å². The minimum atomic E-state index is 0.0707. The molecule has 3 N–H and O–H groups in total. The highest BCUT2D eigenvalue weighted by molar-refractivity contribution is 5.38. The predicted octanol–water partition coefficient (Wildman–Crippen LogP) is 1.91. The summed E-state index contributed by atoms with van der Waals surface area (Å²) in [5, 5.41) is 26.5. The number of hydrogen-bond acceptors (Lipinski definition) is 4. The maximum atomic E-state index is 9.67. The van der Waals surface area contributed by atoms with E-state index in [1.807, 2.05) is 17.8 Å². The quantitative estimate of drug-likeness (QED) is 0.769. The number of nitrogens with zero attached hydrogens (tertiary/aromatic N) is 2. The minimum Gasteiger partial charge on any atom is -0.508 e. The van der Waals surface area contributed by atoms with Gasteiger partial charge in [0, 0.05) is 43.0 Å². The lowest BCUT2D eigenvalue weighted by molar-refractivity contribution is 0.443. The first-order valence-electron chi connectivity index (χ1n) is 6.34. The van der Waals surface area contributed by atoms with Crippen LogP contribution in [0.15, 0.2) is 24.4 Å². The van der Waals surface area contributed by atoms with Gasteiger partial charge in [0.05, 0.1) is 5.69 Å². The van der Waals surface area contributed by atoms with Gasteiger partial charge in [-0.15, -0.1) is 0 Å². The average Bonchev–Trinajstić information content (AvgIpc) is 2.73. The second-order valence-corrected chi connectivity index (χ2v) is 4.51. The smallest absolute Gasteiger partial charge is 0.123 e. The van der Waals surface area contributed by atoms with E-state index in [2.05, 4.69) is 17.3 Å². The molecular formula is C14H19N3O2. The van der Waals surface area contributed by atoms with Gasteiger partial charge in [0.1, 0.15) is 11.5 Å². The van der Waals surface area contributed by atoms with Crippen molar-refractivity contribution in [1.82, 2.24) is 15.1 Å². The van der Waals surface area contributed by atoms with Gasteiger partial charge < -0.3 is 15.5 Å². The van der Waals surface area contributed by atoms with Crippen molar-refractivity contribution in [2.24, 2.45) is 0 Å². The zero-order valence-electron chi connectivity index (χ0n) is 11.2. The molecule has 0 saturated carbocycles. The van der Waals surface area contributed by atoms with Crippen LogP contribution in [-0.4, -0.2) is 20.0 Å². The lowest BCUT2D eigenvalue weighted by Crippen LogP contribution is -2.13. The first-order chi connectivity index (χ1) is 9.10. The average molecular weight is 261 g/mol. The van der Waals surface area contributed by atoms with Gasteiger partial charge in [-0.3, -0.25) is 4.68 Å². The molecule has 1 aromatic carbocycles. The Morgan fingerprint density at radius 1 is 1.21 bits per heavy atom. The molecular weight excluding hydrogens is 242 g/mol. The Hall–Kier alpha value is -2.01. The van der Waals surface area contributed by atoms with Crippen LogP contribution in [0, 0.1) is 6.92 Å². The third-order valence-corrected chi connectivity index (χ3v) is 3.07. The van der Waals surface area contributed by atoms with Gasteiger partial charge in [0.2, 0.25) is 0 Å². The number of phenolic OH excluding ortho intramolecular Hbond substituents is 2. The molecule has 0 aliphatic heterocycles. The van der Waals surface area contributed by atoms with E-state index in [1.165, 1.54) is 6.07 Å². The van der Waals surface area contributed by atoms with Crippen molar-refractivity contribution in [3.8, 4) is 11.5 Å². The topological polar surface area (TPSA) is 70.3 Å². The summed E-state index contributed by atoms with van der Waals surface area (Å²) in [5.41, 5.74) is 2.93. The standard InChI is InChI=1S/C14H19N3O2/c1-3-17-9-12(10(2)16-17)8-15-7-11-4-5-13(18)6-14(11)19/h4-6,9,15,18-19H,3,7-8H2,1-2H3. The normalized spacial score (nSPS) is 10.8. The molecule has 2 rings (SSSR count). The summed E-state index contributed by atoms with van der Waals surface area (Å²) in [6.45, 7) is 6.15. The maximum absolute atomic E-state index is 9.67. The predicted molar refractivity (Wildman–Crippen MR) is 73.0 cm³/mol. The molecule has 102 valence electrons. The van der Waals surface area contributed by atoms with Crippen molar-refractivity contribution in [3.63, 3.8) is 0 Å². The van der Waals surface area contributed by atoms with Crippen molar-refractivity contribution in [1.29, 1.82) is 0 Å². The Balaban J connectivity index is 1.94. The molecule has 0 atom stereocenters. The molecule has 0 radical (unpaired) electrons. The number of aromatic nitrogens is 2. The number of nitrogens with one attached hydrogen (secondary N) is 1. The van der Waals surface area contributed by atoms with E-state index in [9.17, 15) is 10.2 Å². The van der Waals surface area contributed by atoms with E-state index in [1.54, 1.807) is 12.1 Å². The van der Waals surface area contributed by atoms with Gasteiger partial charge in [-0.25, -0.2) is 0 Å². The zero-order chi connectivity index (χ0) is 13.8. The summed E-state index contributed by atoms with van der Waals surface area (Å²) in [4.78, 5) is 0. The molecule has 0 saturated heterocycles. The summed E-state index contributed by atoms with van der Waals surface area (Å²) in [6, 6.07) is 4.62. The molecule has 0 spiro atoms. The highest BCUT2D eigenvalue weighted by Gasteiger charge is 2.05. The number of hydrogen-bond donors (Lipinski definition) is 3. The van der Waals surface area contributed by atoms with E-state index >= 15 is 0 Å². The number of aryl methyl sites for hydroxylation is 2. The van der Waals surface area contributed by atoms with Crippen LogP contribution in [0.1, 0.15) is 23.7 Å². The first kappa shape index (κ1) is 13.4. The molecule has 2 aromatic rings. The first-order valence-corrected chi connectivity index (χ1v) is 6.34. The summed E-state index contributed by atoms with van der Waals surface area (Å²) in [7, 11) is 0. The monoisotopic (exact) mass is 261 g/mol. The van der Waals surface area contributed by atoms with Crippen molar-refractivity contribution in [2.75, 3.05) is 0 Å². The van der Waals surface area contributed by atoms with E-state index in [4.69, 9.17) is 0 Å². The second kappa shape index (κ2) is 5.75. The van der Waals surface area contributed by atoms with Crippen molar-refractivity contribution < 1.29 is 10.2 Å². The largest absolute Gasteiger partial charge is 0.508 e. The van der Waals surface area contributed by atoms with E-state index in [0.717, 1.165) is 23.4 Å². The Morgan fingerprint density at radius 3 is 2.58 bits per heavy atom. The Morgan fingerprint density at radius 2 is 1.95 bits per heavy atom. The Labute approximate surface area is 112 Å². The third-order valence-electron chi connectivity index (χ3n) is 3.07.